The van der Waals surface area contributed by atoms with Crippen molar-refractivity contribution in [3.8, 4) is 22.5 Å². The molecule has 0 saturated carbocycles. The number of carbonyl (C=O) groups is 7. The van der Waals surface area contributed by atoms with Crippen LogP contribution in [0.2, 0.25) is 0 Å². The Labute approximate surface area is 843 Å². The van der Waals surface area contributed by atoms with Crippen LogP contribution in [0, 0.1) is 0 Å². The van der Waals surface area contributed by atoms with E-state index < -0.39 is 77.9 Å². The number of benzene rings is 5. The first-order valence-corrected chi connectivity index (χ1v) is 43.7. The van der Waals surface area contributed by atoms with Crippen LogP contribution < -0.4 is 33.0 Å². The minimum absolute atomic E-state index is 0. The van der Waals surface area contributed by atoms with Gasteiger partial charge >= 0.3 is 55.8 Å². The van der Waals surface area contributed by atoms with Crippen molar-refractivity contribution in [2.45, 2.75) is 223 Å². The maximum atomic E-state index is 11.7. The lowest BCUT2D eigenvalue weighted by molar-refractivity contribution is -0.192. The van der Waals surface area contributed by atoms with E-state index in [9.17, 15) is 41.9 Å². The van der Waals surface area contributed by atoms with Crippen molar-refractivity contribution in [2.75, 3.05) is 19.8 Å². The molecule has 1 saturated heterocycles. The fourth-order valence-electron chi connectivity index (χ4n) is 9.41. The van der Waals surface area contributed by atoms with Gasteiger partial charge < -0.3 is 85.2 Å². The SMILES string of the molecule is C1=COCCC1.CC(C)(C)OC(=O)NCc1ccccc1-c1ccn[nH]1.CC(C)(C)OC(=O)NCc1ccccc1Br.CC(C)(C)OC(=O)NCc1ccccc1Br.CC(C)(C)OC(=O)OC(=O)OC(C)(C)C.CCOC(C)=O.Cl.Cl.Cl.Cl.NCc1ccccc1-c1ccn[nH]1.NCc1ccccc1Br.O=C(O)C(F)(F)F.OB(O)c1ccn[nH]1.c1cn[nH]c1.c1cnn(C2CCCCO2)c1. The lowest BCUT2D eigenvalue weighted by Crippen LogP contribution is -2.32. The zero-order valence-electron chi connectivity index (χ0n) is 79.1. The Kier molecular flexibility index (Phi) is 69.6. The van der Waals surface area contributed by atoms with Crippen molar-refractivity contribution in [1.29, 1.82) is 0 Å². The molecule has 7 heterocycles. The van der Waals surface area contributed by atoms with Crippen molar-refractivity contribution >= 4 is 153 Å². The first-order chi connectivity index (χ1) is 62.0. The van der Waals surface area contributed by atoms with E-state index in [1.165, 1.54) is 44.9 Å². The molecule has 12 rings (SSSR count). The number of aromatic amines is 4. The molecule has 5 aromatic heterocycles. The highest BCUT2D eigenvalue weighted by Crippen LogP contribution is 2.25. The number of hydrogen-bond donors (Lipinski definition) is 12. The molecule has 2 aliphatic heterocycles. The molecule has 1 unspecified atom stereocenters. The van der Waals surface area contributed by atoms with E-state index in [1.807, 2.05) is 225 Å². The number of alkyl halides is 3. The maximum absolute atomic E-state index is 11.7. The molecule has 45 heteroatoms. The molecule has 1 atom stereocenters. The number of halogens is 10. The largest absolute Gasteiger partial charge is 0.519 e. The number of carboxylic acids is 1. The number of amides is 3. The van der Waals surface area contributed by atoms with Gasteiger partial charge in [0, 0.05) is 114 Å². The van der Waals surface area contributed by atoms with E-state index in [-0.39, 0.29) is 61.8 Å². The van der Waals surface area contributed by atoms with Crippen molar-refractivity contribution in [3.63, 3.8) is 0 Å². The topological polar surface area (TPSA) is 484 Å². The predicted molar refractivity (Wildman–Crippen MR) is 536 cm³/mol. The Morgan fingerprint density at radius 1 is 0.500 bits per heavy atom. The number of aliphatic carboxylic acids is 1. The van der Waals surface area contributed by atoms with Gasteiger partial charge in [0.05, 0.1) is 36.5 Å². The normalized spacial score (nSPS) is 11.8. The second-order valence-corrected chi connectivity index (χ2v) is 34.7. The van der Waals surface area contributed by atoms with E-state index in [1.54, 1.807) is 85.7 Å². The van der Waals surface area contributed by atoms with E-state index in [0.717, 1.165) is 83.4 Å². The number of nitrogens with zero attached hydrogens (tertiary/aromatic N) is 6. The third-order valence-corrected chi connectivity index (χ3v) is 17.3. The van der Waals surface area contributed by atoms with Crippen LogP contribution in [0.3, 0.4) is 0 Å². The lowest BCUT2D eigenvalue weighted by Gasteiger charge is -2.22. The summed E-state index contributed by atoms with van der Waals surface area (Å²) >= 11 is 10.2. The molecule has 3 amide bonds. The third-order valence-electron chi connectivity index (χ3n) is 14.9. The van der Waals surface area contributed by atoms with Crippen LogP contribution in [0.25, 0.3) is 22.5 Å². The smallest absolute Gasteiger partial charge is 0.502 e. The summed E-state index contributed by atoms with van der Waals surface area (Å²) in [5.41, 5.74) is 18.0. The van der Waals surface area contributed by atoms with Gasteiger partial charge in [0.2, 0.25) is 0 Å². The molecule has 1 fully saturated rings. The number of alkyl carbamates (subject to hydrolysis) is 3. The summed E-state index contributed by atoms with van der Waals surface area (Å²) in [5.74, 6) is -2.97. The molecule has 0 spiro atoms. The number of nitrogens with one attached hydrogen (secondary N) is 7. The third kappa shape index (κ3) is 68.4. The minimum Gasteiger partial charge on any atom is -0.502 e. The Hall–Kier alpha value is -10.6. The summed E-state index contributed by atoms with van der Waals surface area (Å²) in [5, 5.41) is 62.0. The Balaban J connectivity index is -0.000000710. The second-order valence-electron chi connectivity index (χ2n) is 32.1. The van der Waals surface area contributed by atoms with Gasteiger partial charge in [0.15, 0.2) is 0 Å². The summed E-state index contributed by atoms with van der Waals surface area (Å²) in [7, 11) is -1.43. The molecule has 0 radical (unpaired) electrons. The van der Waals surface area contributed by atoms with Crippen LogP contribution in [0.15, 0.2) is 221 Å². The molecule has 5 aromatic carbocycles. The average Bonchev–Trinajstić information content (AvgIpc) is 1.62. The quantitative estimate of drug-likeness (QED) is 0.0221. The highest BCUT2D eigenvalue weighted by molar-refractivity contribution is 9.11. The van der Waals surface area contributed by atoms with E-state index >= 15 is 0 Å². The average molecular weight is 2190 g/mol. The molecule has 34 nitrogen and oxygen atoms in total. The number of allylic oxidation sites excluding steroid dienone is 1. The summed E-state index contributed by atoms with van der Waals surface area (Å²) in [6.07, 6.45) is 13.6. The van der Waals surface area contributed by atoms with E-state index in [2.05, 4.69) is 119 Å². The summed E-state index contributed by atoms with van der Waals surface area (Å²) in [6.45, 7) is 34.5. The Morgan fingerprint density at radius 2 is 0.897 bits per heavy atom. The van der Waals surface area contributed by atoms with Gasteiger partial charge in [-0.1, -0.05) is 151 Å². The Morgan fingerprint density at radius 3 is 1.16 bits per heavy atom. The zero-order valence-corrected chi connectivity index (χ0v) is 87.1. The number of carboxylic acid groups (broad SMARTS) is 1. The van der Waals surface area contributed by atoms with Crippen LogP contribution in [-0.2, 0) is 84.9 Å². The summed E-state index contributed by atoms with van der Waals surface area (Å²) < 4.78 is 80.8. The van der Waals surface area contributed by atoms with E-state index in [4.69, 9.17) is 64.6 Å². The fraction of sp³-hybridized carbons (Fsp3) is 0.407. The number of hydrogen-bond acceptors (Lipinski definition) is 25. The van der Waals surface area contributed by atoms with Crippen LogP contribution in [-0.4, -0.2) is 169 Å². The molecular formula is C91H130BBr3Cl4F3N15O19. The highest BCUT2D eigenvalue weighted by atomic mass is 79.9. The number of H-pyrrole nitrogens is 4. The predicted octanol–water partition coefficient (Wildman–Crippen LogP) is 20.6. The number of rotatable bonds is 13. The van der Waals surface area contributed by atoms with Gasteiger partial charge in [-0.3, -0.25) is 25.2 Å². The molecular weight excluding hydrogens is 2060 g/mol. The number of aromatic nitrogens is 10. The van der Waals surface area contributed by atoms with Gasteiger partial charge in [-0.2, -0.15) is 38.7 Å². The van der Waals surface area contributed by atoms with Crippen molar-refractivity contribution in [1.82, 2.24) is 66.5 Å². The molecule has 10 aromatic rings. The molecule has 0 bridgehead atoms. The molecule has 756 valence electrons. The standard InChI is InChI=1S/C15H19N3O2.2C12H16BrNO2.C10H11N3.C10H18O5.C8H12N2O.C7H8BrN.C5H8O.C4H8O2.C3H5BN2O2.C3H4N2.C2HF3O2.4ClH/c1-15(2,3)20-14(19)16-10-11-6-4-5-7-12(11)13-8-9-17-18-13;2*1-12(2,3)16-11(15)14-8-9-6-4-5-7-10(9)13;11-7-8-3-1-2-4-9(8)10-5-6-12-13-10;1-9(2,3)14-7(11)13-8(12)15-10(4,5)6;1-2-7-11-8(4-1)10-6-3-5-9-10;8-7-4-2-1-3-6(7)5-9;1-2-4-6-5-3-1;1-3-6-4(2)5;7-4(8)3-1-2-5-6-3;1-2-4-5-3-1;3-2(4,5)1(6)7;;;;/h4-9H,10H2,1-3H3,(H,16,19)(H,17,18);2*4-7H,8H2,1-3H3,(H,14,15);1-6H,7,11H2,(H,12,13);1-6H3;3,5-6,8H,1-2,4,7H2;1-4H,5,9H2;2,4H,1,3,5H2;3H2,1-2H3;1-2,7-8H,(H,5,6);1-3H,(H,4,5);(H,6,7);4*1H. The van der Waals surface area contributed by atoms with Gasteiger partial charge in [0.1, 0.15) is 34.2 Å². The number of ether oxygens (including phenoxy) is 9. The zero-order chi connectivity index (χ0) is 99.4. The van der Waals surface area contributed by atoms with Crippen LogP contribution >= 0.6 is 97.4 Å². The van der Waals surface area contributed by atoms with Gasteiger partial charge in [-0.05, 0) is 225 Å². The highest BCUT2D eigenvalue weighted by Gasteiger charge is 2.38. The fourth-order valence-corrected chi connectivity index (χ4v) is 10.7. The Bertz CT molecular complexity index is 4730. The second kappa shape index (κ2) is 71.9. The molecule has 0 aliphatic carbocycles. The first-order valence-electron chi connectivity index (χ1n) is 41.4. The van der Waals surface area contributed by atoms with Gasteiger partial charge in [-0.15, -0.1) is 49.6 Å². The molecule has 136 heavy (non-hydrogen) atoms. The van der Waals surface area contributed by atoms with Crippen molar-refractivity contribution in [3.05, 3.63) is 249 Å². The van der Waals surface area contributed by atoms with E-state index in [0.29, 0.717) is 44.9 Å². The monoisotopic (exact) mass is 2180 g/mol. The molecule has 2 aliphatic rings. The summed E-state index contributed by atoms with van der Waals surface area (Å²) in [4.78, 5) is 75.2. The number of esters is 1. The van der Waals surface area contributed by atoms with Gasteiger partial charge in [0.25, 0.3) is 0 Å². The maximum Gasteiger partial charge on any atom is 0.519 e. The first kappa shape index (κ1) is 132. The van der Waals surface area contributed by atoms with Crippen LogP contribution in [0.1, 0.15) is 184 Å². The van der Waals surface area contributed by atoms with Gasteiger partial charge in [-0.25, -0.2) is 33.4 Å². The van der Waals surface area contributed by atoms with Crippen molar-refractivity contribution < 1.29 is 105 Å². The van der Waals surface area contributed by atoms with Crippen molar-refractivity contribution in [2.24, 2.45) is 11.5 Å². The van der Waals surface area contributed by atoms with Crippen LogP contribution in [0.4, 0.5) is 37.1 Å². The minimum atomic E-state index is -5.08. The number of nitrogens with two attached hydrogens (primary N) is 2. The lowest BCUT2D eigenvalue weighted by atomic mass is 9.87. The number of carbonyl (C=O) groups excluding carboxylic acids is 6. The van der Waals surface area contributed by atoms with Crippen LogP contribution in [0.5, 0.6) is 0 Å². The molecule has 14 N–H and O–H groups in total. The summed E-state index contributed by atoms with van der Waals surface area (Å²) in [6, 6.07) is 48.4.